The highest BCUT2D eigenvalue weighted by Crippen LogP contribution is 2.27. The molecule has 1 aliphatic rings. The molecule has 1 saturated heterocycles. The Bertz CT molecular complexity index is 945. The Labute approximate surface area is 172 Å². The lowest BCUT2D eigenvalue weighted by atomic mass is 10.0. The van der Waals surface area contributed by atoms with Crippen molar-refractivity contribution in [1.29, 1.82) is 0 Å². The van der Waals surface area contributed by atoms with Crippen LogP contribution in [0, 0.1) is 5.92 Å². The molecule has 7 nitrogen and oxygen atoms in total. The fraction of sp³-hybridized carbons (Fsp3) is 0.571. The molecule has 8 heteroatoms. The van der Waals surface area contributed by atoms with Crippen LogP contribution in [0.15, 0.2) is 28.7 Å². The number of nitrogens with one attached hydrogen (secondary N) is 1. The number of hydrogen-bond acceptors (Lipinski definition) is 6. The molecule has 29 heavy (non-hydrogen) atoms. The van der Waals surface area contributed by atoms with Gasteiger partial charge in [0.15, 0.2) is 15.6 Å². The molecule has 160 valence electrons. The maximum Gasteiger partial charge on any atom is 0.287 e. The third-order valence-electron chi connectivity index (χ3n) is 5.11. The highest BCUT2D eigenvalue weighted by atomic mass is 32.2. The Hall–Kier alpha value is -1.90. The number of ether oxygens (including phenoxy) is 1. The van der Waals surface area contributed by atoms with Crippen LogP contribution in [0.25, 0.3) is 11.0 Å². The molecule has 0 saturated carbocycles. The molecule has 1 atom stereocenters. The van der Waals surface area contributed by atoms with Crippen molar-refractivity contribution >= 4 is 26.7 Å². The molecule has 0 spiro atoms. The lowest BCUT2D eigenvalue weighted by Gasteiger charge is -2.35. The van der Waals surface area contributed by atoms with Crippen LogP contribution in [0.1, 0.15) is 36.4 Å². The lowest BCUT2D eigenvalue weighted by Crippen LogP contribution is -2.49. The summed E-state index contributed by atoms with van der Waals surface area (Å²) in [6, 6.07) is 7.33. The molecule has 1 unspecified atom stereocenters. The smallest absolute Gasteiger partial charge is 0.287 e. The SMILES string of the molecule is CC(C)CC(CNC(=O)c1oc2ccccc2c1CS(C)(=O)=O)N1CCOCC1. The quantitative estimate of drug-likeness (QED) is 0.703. The molecule has 1 aliphatic heterocycles. The number of hydrogen-bond donors (Lipinski definition) is 1. The molecule has 2 aromatic rings. The van der Waals surface area contributed by atoms with E-state index in [1.165, 1.54) is 0 Å². The van der Waals surface area contributed by atoms with Crippen LogP contribution >= 0.6 is 0 Å². The number of nitrogens with zero attached hydrogens (tertiary/aromatic N) is 1. The molecule has 1 aromatic heterocycles. The predicted octanol–water partition coefficient (Wildman–Crippen LogP) is 2.45. The minimum Gasteiger partial charge on any atom is -0.451 e. The van der Waals surface area contributed by atoms with E-state index in [2.05, 4.69) is 24.1 Å². The van der Waals surface area contributed by atoms with Crippen molar-refractivity contribution < 1.29 is 22.4 Å². The van der Waals surface area contributed by atoms with E-state index in [1.807, 2.05) is 6.07 Å². The fourth-order valence-electron chi connectivity index (χ4n) is 3.83. The van der Waals surface area contributed by atoms with Gasteiger partial charge in [0, 0.05) is 42.9 Å². The Morgan fingerprint density at radius 2 is 1.90 bits per heavy atom. The molecule has 1 amide bonds. The molecule has 1 fully saturated rings. The second kappa shape index (κ2) is 9.28. The number of sulfone groups is 1. The van der Waals surface area contributed by atoms with Gasteiger partial charge >= 0.3 is 0 Å². The van der Waals surface area contributed by atoms with Gasteiger partial charge in [-0.05, 0) is 18.4 Å². The van der Waals surface area contributed by atoms with E-state index < -0.39 is 9.84 Å². The molecule has 0 aliphatic carbocycles. The van der Waals surface area contributed by atoms with Gasteiger partial charge in [-0.1, -0.05) is 32.0 Å². The van der Waals surface area contributed by atoms with Gasteiger partial charge in [-0.25, -0.2) is 8.42 Å². The Morgan fingerprint density at radius 3 is 2.55 bits per heavy atom. The van der Waals surface area contributed by atoms with Gasteiger partial charge in [0.2, 0.25) is 0 Å². The number of fused-ring (bicyclic) bond motifs is 1. The second-order valence-electron chi connectivity index (χ2n) is 8.12. The third kappa shape index (κ3) is 5.81. The molecular weight excluding hydrogens is 392 g/mol. The van der Waals surface area contributed by atoms with Crippen molar-refractivity contribution in [3.05, 3.63) is 35.6 Å². The summed E-state index contributed by atoms with van der Waals surface area (Å²) in [4.78, 5) is 15.3. The monoisotopic (exact) mass is 422 g/mol. The average molecular weight is 423 g/mol. The number of furan rings is 1. The van der Waals surface area contributed by atoms with Crippen LogP contribution in [0.2, 0.25) is 0 Å². The van der Waals surface area contributed by atoms with E-state index in [4.69, 9.17) is 9.15 Å². The van der Waals surface area contributed by atoms with Gasteiger partial charge in [0.05, 0.1) is 19.0 Å². The number of amides is 1. The summed E-state index contributed by atoms with van der Waals surface area (Å²) in [5.41, 5.74) is 0.940. The number of morpholine rings is 1. The molecule has 3 rings (SSSR count). The predicted molar refractivity (Wildman–Crippen MR) is 113 cm³/mol. The maximum atomic E-state index is 13.0. The Balaban J connectivity index is 1.80. The van der Waals surface area contributed by atoms with Crippen LogP contribution in [0.5, 0.6) is 0 Å². The van der Waals surface area contributed by atoms with Crippen molar-refractivity contribution in [2.24, 2.45) is 5.92 Å². The number of rotatable bonds is 8. The van der Waals surface area contributed by atoms with E-state index in [-0.39, 0.29) is 23.5 Å². The zero-order chi connectivity index (χ0) is 21.0. The molecule has 0 bridgehead atoms. The lowest BCUT2D eigenvalue weighted by molar-refractivity contribution is 0.0124. The fourth-order valence-corrected chi connectivity index (χ4v) is 4.64. The summed E-state index contributed by atoms with van der Waals surface area (Å²) < 4.78 is 35.0. The Kier molecular flexibility index (Phi) is 6.97. The van der Waals surface area contributed by atoms with E-state index in [9.17, 15) is 13.2 Å². The summed E-state index contributed by atoms with van der Waals surface area (Å²) in [6.45, 7) is 7.90. The summed E-state index contributed by atoms with van der Waals surface area (Å²) in [6.07, 6.45) is 2.12. The second-order valence-corrected chi connectivity index (χ2v) is 10.3. The first-order valence-corrected chi connectivity index (χ1v) is 12.1. The van der Waals surface area contributed by atoms with Gasteiger partial charge in [0.1, 0.15) is 5.58 Å². The number of para-hydroxylation sites is 1. The summed E-state index contributed by atoms with van der Waals surface area (Å²) in [5.74, 6) is -0.0263. The van der Waals surface area contributed by atoms with Gasteiger partial charge in [-0.3, -0.25) is 9.69 Å². The van der Waals surface area contributed by atoms with Crippen molar-refractivity contribution in [3.63, 3.8) is 0 Å². The van der Waals surface area contributed by atoms with E-state index in [0.29, 0.717) is 42.2 Å². The third-order valence-corrected chi connectivity index (χ3v) is 5.93. The van der Waals surface area contributed by atoms with Crippen molar-refractivity contribution in [2.45, 2.75) is 32.1 Å². The number of benzene rings is 1. The van der Waals surface area contributed by atoms with E-state index >= 15 is 0 Å². The topological polar surface area (TPSA) is 88.8 Å². The average Bonchev–Trinajstić information content (AvgIpc) is 3.02. The van der Waals surface area contributed by atoms with Crippen LogP contribution in [0.3, 0.4) is 0 Å². The Morgan fingerprint density at radius 1 is 1.21 bits per heavy atom. The van der Waals surface area contributed by atoms with Gasteiger partial charge in [-0.15, -0.1) is 0 Å². The van der Waals surface area contributed by atoms with E-state index in [1.54, 1.807) is 18.2 Å². The van der Waals surface area contributed by atoms with Crippen molar-refractivity contribution in [3.8, 4) is 0 Å². The van der Waals surface area contributed by atoms with Crippen LogP contribution in [-0.2, 0) is 20.3 Å². The molecule has 0 radical (unpaired) electrons. The minimum absolute atomic E-state index is 0.0851. The standard InChI is InChI=1S/C21H30N2O5S/c1-15(2)12-16(23-8-10-27-11-9-23)13-22-21(24)20-18(14-29(3,25)26)17-6-4-5-7-19(17)28-20/h4-7,15-16H,8-14H2,1-3H3,(H,22,24). The number of carbonyl (C=O) groups excluding carboxylic acids is 1. The zero-order valence-electron chi connectivity index (χ0n) is 17.3. The number of carbonyl (C=O) groups is 1. The van der Waals surface area contributed by atoms with Crippen LogP contribution in [0.4, 0.5) is 0 Å². The highest BCUT2D eigenvalue weighted by Gasteiger charge is 2.26. The van der Waals surface area contributed by atoms with Crippen molar-refractivity contribution in [1.82, 2.24) is 10.2 Å². The molecular formula is C21H30N2O5S. The molecule has 2 heterocycles. The largest absolute Gasteiger partial charge is 0.451 e. The van der Waals surface area contributed by atoms with Crippen LogP contribution in [-0.4, -0.2) is 64.4 Å². The first kappa shape index (κ1) is 21.8. The molecule has 1 N–H and O–H groups in total. The first-order valence-electron chi connectivity index (χ1n) is 10.0. The van der Waals surface area contributed by atoms with Gasteiger partial charge in [0.25, 0.3) is 5.91 Å². The van der Waals surface area contributed by atoms with Gasteiger partial charge < -0.3 is 14.5 Å². The van der Waals surface area contributed by atoms with Gasteiger partial charge in [-0.2, -0.15) is 0 Å². The minimum atomic E-state index is -3.32. The summed E-state index contributed by atoms with van der Waals surface area (Å²) in [5, 5.41) is 3.64. The zero-order valence-corrected chi connectivity index (χ0v) is 18.1. The maximum absolute atomic E-state index is 13.0. The van der Waals surface area contributed by atoms with E-state index in [0.717, 1.165) is 25.8 Å². The van der Waals surface area contributed by atoms with Crippen molar-refractivity contribution in [2.75, 3.05) is 39.1 Å². The summed E-state index contributed by atoms with van der Waals surface area (Å²) in [7, 11) is -3.32. The summed E-state index contributed by atoms with van der Waals surface area (Å²) >= 11 is 0. The van der Waals surface area contributed by atoms with Crippen LogP contribution < -0.4 is 5.32 Å². The normalized spacial score (nSPS) is 17.0. The highest BCUT2D eigenvalue weighted by molar-refractivity contribution is 7.89. The first-order chi connectivity index (χ1) is 13.7. The molecule has 1 aromatic carbocycles.